The fraction of sp³-hybridized carbons (Fsp3) is 0.118. The molecule has 2 aromatic rings. The molecule has 0 radical (unpaired) electrons. The number of aryl methyl sites for hydroxylation is 1. The zero-order chi connectivity index (χ0) is 16.1. The van der Waals surface area contributed by atoms with Crippen LogP contribution in [0.3, 0.4) is 0 Å². The van der Waals surface area contributed by atoms with Gasteiger partial charge in [-0.15, -0.1) is 0 Å². The number of nitrogens with zero attached hydrogens (tertiary/aromatic N) is 2. The summed E-state index contributed by atoms with van der Waals surface area (Å²) in [6.07, 6.45) is 1.70. The topological polar surface area (TPSA) is 76.2 Å². The van der Waals surface area contributed by atoms with E-state index >= 15 is 0 Å². The highest BCUT2D eigenvalue weighted by molar-refractivity contribution is 5.90. The Kier molecular flexibility index (Phi) is 4.54. The lowest BCUT2D eigenvalue weighted by molar-refractivity contribution is -0.384. The van der Waals surface area contributed by atoms with Crippen molar-refractivity contribution >= 4 is 17.3 Å². The molecule has 0 saturated carbocycles. The third-order valence-corrected chi connectivity index (χ3v) is 3.22. The van der Waals surface area contributed by atoms with Gasteiger partial charge >= 0.3 is 0 Å². The Morgan fingerprint density at radius 3 is 2.68 bits per heavy atom. The molecule has 0 heterocycles. The first kappa shape index (κ1) is 15.3. The lowest BCUT2D eigenvalue weighted by Crippen LogP contribution is -1.90. The first-order valence-electron chi connectivity index (χ1n) is 6.56. The first-order valence-corrected chi connectivity index (χ1v) is 6.56. The molecule has 22 heavy (non-hydrogen) atoms. The highest BCUT2D eigenvalue weighted by Crippen LogP contribution is 2.24. The summed E-state index contributed by atoms with van der Waals surface area (Å²) in [6, 6.07) is 13.7. The van der Waals surface area contributed by atoms with E-state index in [1.54, 1.807) is 25.3 Å². The van der Waals surface area contributed by atoms with Crippen molar-refractivity contribution in [1.29, 1.82) is 5.26 Å². The standard InChI is InChI=1S/C17H14N2O3/c1-12-8-13(6-7-17(12)22-2)9-15(11-18)14-4-3-5-16(10-14)19(20)21/h3-10H,1-2H3. The van der Waals surface area contributed by atoms with Crippen LogP contribution in [0.25, 0.3) is 11.6 Å². The van der Waals surface area contributed by atoms with Crippen LogP contribution >= 0.6 is 0 Å². The molecule has 0 unspecified atom stereocenters. The van der Waals surface area contributed by atoms with Crippen LogP contribution in [0.5, 0.6) is 5.75 Å². The molecule has 0 N–H and O–H groups in total. The Labute approximate surface area is 128 Å². The third kappa shape index (κ3) is 3.30. The van der Waals surface area contributed by atoms with E-state index in [1.807, 2.05) is 25.1 Å². The van der Waals surface area contributed by atoms with Crippen molar-refractivity contribution in [2.75, 3.05) is 7.11 Å². The number of benzene rings is 2. The van der Waals surface area contributed by atoms with Crippen molar-refractivity contribution in [3.8, 4) is 11.8 Å². The smallest absolute Gasteiger partial charge is 0.270 e. The van der Waals surface area contributed by atoms with E-state index in [-0.39, 0.29) is 5.69 Å². The molecule has 0 saturated heterocycles. The molecule has 0 aliphatic heterocycles. The molecule has 0 amide bonds. The van der Waals surface area contributed by atoms with Gasteiger partial charge in [-0.05, 0) is 41.8 Å². The molecular weight excluding hydrogens is 280 g/mol. The van der Waals surface area contributed by atoms with Crippen molar-refractivity contribution in [3.05, 3.63) is 69.3 Å². The predicted octanol–water partition coefficient (Wildman–Crippen LogP) is 3.98. The number of allylic oxidation sites excluding steroid dienone is 1. The monoisotopic (exact) mass is 294 g/mol. The van der Waals surface area contributed by atoms with Crippen LogP contribution in [0, 0.1) is 28.4 Å². The molecule has 110 valence electrons. The largest absolute Gasteiger partial charge is 0.496 e. The zero-order valence-electron chi connectivity index (χ0n) is 12.2. The Bertz CT molecular complexity index is 789. The molecule has 0 atom stereocenters. The maximum Gasteiger partial charge on any atom is 0.270 e. The lowest BCUT2D eigenvalue weighted by Gasteiger charge is -2.05. The number of hydrogen-bond donors (Lipinski definition) is 0. The highest BCUT2D eigenvalue weighted by atomic mass is 16.6. The summed E-state index contributed by atoms with van der Waals surface area (Å²) in [5, 5.41) is 20.2. The number of nitriles is 1. The second-order valence-electron chi connectivity index (χ2n) is 4.71. The van der Waals surface area contributed by atoms with Gasteiger partial charge < -0.3 is 4.74 Å². The number of nitro groups is 1. The Morgan fingerprint density at radius 2 is 2.09 bits per heavy atom. The van der Waals surface area contributed by atoms with Gasteiger partial charge in [0.05, 0.1) is 23.7 Å². The Balaban J connectivity index is 2.44. The van der Waals surface area contributed by atoms with E-state index < -0.39 is 4.92 Å². The predicted molar refractivity (Wildman–Crippen MR) is 84.3 cm³/mol. The average Bonchev–Trinajstić information content (AvgIpc) is 2.52. The number of rotatable bonds is 4. The molecule has 0 fully saturated rings. The minimum atomic E-state index is -0.476. The molecule has 0 spiro atoms. The second-order valence-corrected chi connectivity index (χ2v) is 4.71. The van der Waals surface area contributed by atoms with Gasteiger partial charge in [0.1, 0.15) is 5.75 Å². The van der Waals surface area contributed by atoms with Gasteiger partial charge in [0.25, 0.3) is 5.69 Å². The summed E-state index contributed by atoms with van der Waals surface area (Å²) in [5.41, 5.74) is 2.64. The quantitative estimate of drug-likeness (QED) is 0.370. The zero-order valence-corrected chi connectivity index (χ0v) is 12.2. The van der Waals surface area contributed by atoms with Crippen LogP contribution in [0.1, 0.15) is 16.7 Å². The van der Waals surface area contributed by atoms with Gasteiger partial charge in [0, 0.05) is 12.1 Å². The Morgan fingerprint density at radius 1 is 1.32 bits per heavy atom. The highest BCUT2D eigenvalue weighted by Gasteiger charge is 2.09. The van der Waals surface area contributed by atoms with Gasteiger partial charge in [-0.1, -0.05) is 18.2 Å². The number of ether oxygens (including phenoxy) is 1. The van der Waals surface area contributed by atoms with Crippen LogP contribution in [0.15, 0.2) is 42.5 Å². The van der Waals surface area contributed by atoms with E-state index in [4.69, 9.17) is 4.74 Å². The van der Waals surface area contributed by atoms with Gasteiger partial charge in [-0.2, -0.15) is 5.26 Å². The summed E-state index contributed by atoms with van der Waals surface area (Å²) in [6.45, 7) is 1.91. The molecule has 0 aromatic heterocycles. The van der Waals surface area contributed by atoms with E-state index in [0.29, 0.717) is 11.1 Å². The van der Waals surface area contributed by atoms with Crippen molar-refractivity contribution < 1.29 is 9.66 Å². The summed E-state index contributed by atoms with van der Waals surface area (Å²) in [7, 11) is 1.60. The molecule has 0 bridgehead atoms. The molecular formula is C17H14N2O3. The van der Waals surface area contributed by atoms with Crippen molar-refractivity contribution in [2.24, 2.45) is 0 Å². The van der Waals surface area contributed by atoms with Crippen molar-refractivity contribution in [3.63, 3.8) is 0 Å². The minimum Gasteiger partial charge on any atom is -0.496 e. The van der Waals surface area contributed by atoms with Crippen LogP contribution < -0.4 is 4.74 Å². The van der Waals surface area contributed by atoms with Gasteiger partial charge in [-0.25, -0.2) is 0 Å². The average molecular weight is 294 g/mol. The number of non-ortho nitro benzene ring substituents is 1. The minimum absolute atomic E-state index is 0.0374. The maximum atomic E-state index is 10.8. The van der Waals surface area contributed by atoms with Gasteiger partial charge in [0.15, 0.2) is 0 Å². The summed E-state index contributed by atoms with van der Waals surface area (Å²) < 4.78 is 5.20. The van der Waals surface area contributed by atoms with Crippen LogP contribution in [-0.2, 0) is 0 Å². The number of nitro benzene ring substituents is 1. The summed E-state index contributed by atoms with van der Waals surface area (Å²) in [4.78, 5) is 10.4. The van der Waals surface area contributed by atoms with E-state index in [0.717, 1.165) is 16.9 Å². The summed E-state index contributed by atoms with van der Waals surface area (Å²) in [5.74, 6) is 0.769. The molecule has 5 heteroatoms. The molecule has 0 aliphatic rings. The van der Waals surface area contributed by atoms with Crippen molar-refractivity contribution in [1.82, 2.24) is 0 Å². The van der Waals surface area contributed by atoms with E-state index in [9.17, 15) is 15.4 Å². The lowest BCUT2D eigenvalue weighted by atomic mass is 10.0. The molecule has 0 aliphatic carbocycles. The fourth-order valence-corrected chi connectivity index (χ4v) is 2.13. The van der Waals surface area contributed by atoms with Gasteiger partial charge in [0.2, 0.25) is 0 Å². The van der Waals surface area contributed by atoms with E-state index in [2.05, 4.69) is 6.07 Å². The van der Waals surface area contributed by atoms with Gasteiger partial charge in [-0.3, -0.25) is 10.1 Å². The second kappa shape index (κ2) is 6.55. The fourth-order valence-electron chi connectivity index (χ4n) is 2.13. The van der Waals surface area contributed by atoms with Crippen LogP contribution in [0.4, 0.5) is 5.69 Å². The number of hydrogen-bond acceptors (Lipinski definition) is 4. The molecule has 5 nitrogen and oxygen atoms in total. The maximum absolute atomic E-state index is 10.8. The van der Waals surface area contributed by atoms with E-state index in [1.165, 1.54) is 12.1 Å². The molecule has 2 aromatic carbocycles. The molecule has 2 rings (SSSR count). The normalized spacial score (nSPS) is 10.9. The summed E-state index contributed by atoms with van der Waals surface area (Å²) >= 11 is 0. The third-order valence-electron chi connectivity index (χ3n) is 3.22. The van der Waals surface area contributed by atoms with Crippen molar-refractivity contribution in [2.45, 2.75) is 6.92 Å². The van der Waals surface area contributed by atoms with Crippen LogP contribution in [0.2, 0.25) is 0 Å². The SMILES string of the molecule is COc1ccc(C=C(C#N)c2cccc([N+](=O)[O-])c2)cc1C. The first-order chi connectivity index (χ1) is 10.5. The van der Waals surface area contributed by atoms with Crippen LogP contribution in [-0.4, -0.2) is 12.0 Å². The number of methoxy groups -OCH3 is 1. The Hall–Kier alpha value is -3.13.